The first kappa shape index (κ1) is 12.9. The minimum atomic E-state index is -0.0359. The van der Waals surface area contributed by atoms with Crippen molar-refractivity contribution in [3.05, 3.63) is 29.8 Å². The molecular formula is C14H20N2O2. The Morgan fingerprint density at radius 3 is 2.94 bits per heavy atom. The van der Waals surface area contributed by atoms with E-state index in [4.69, 9.17) is 0 Å². The number of carbonyl (C=O) groups is 1. The maximum absolute atomic E-state index is 12.2. The van der Waals surface area contributed by atoms with Crippen molar-refractivity contribution < 1.29 is 9.90 Å². The van der Waals surface area contributed by atoms with Crippen LogP contribution >= 0.6 is 0 Å². The van der Waals surface area contributed by atoms with Crippen molar-refractivity contribution >= 4 is 5.91 Å². The Morgan fingerprint density at radius 1 is 1.56 bits per heavy atom. The molecule has 1 fully saturated rings. The van der Waals surface area contributed by atoms with Crippen LogP contribution in [0, 0.1) is 0 Å². The van der Waals surface area contributed by atoms with E-state index in [9.17, 15) is 9.90 Å². The first-order valence-corrected chi connectivity index (χ1v) is 6.32. The van der Waals surface area contributed by atoms with Crippen molar-refractivity contribution in [2.45, 2.75) is 18.9 Å². The van der Waals surface area contributed by atoms with Crippen LogP contribution in [-0.4, -0.2) is 54.0 Å². The summed E-state index contributed by atoms with van der Waals surface area (Å²) < 4.78 is 0. The number of likely N-dealkylation sites (N-methyl/N-ethyl adjacent to an activating group) is 2. The van der Waals surface area contributed by atoms with E-state index in [1.54, 1.807) is 23.1 Å². The summed E-state index contributed by atoms with van der Waals surface area (Å²) in [6, 6.07) is 6.96. The van der Waals surface area contributed by atoms with Gasteiger partial charge < -0.3 is 14.9 Å². The van der Waals surface area contributed by atoms with Crippen LogP contribution in [0.1, 0.15) is 23.2 Å². The van der Waals surface area contributed by atoms with Gasteiger partial charge in [0.15, 0.2) is 0 Å². The van der Waals surface area contributed by atoms with Crippen LogP contribution in [0.4, 0.5) is 0 Å². The molecule has 98 valence electrons. The minimum Gasteiger partial charge on any atom is -0.508 e. The Morgan fingerprint density at radius 2 is 2.33 bits per heavy atom. The van der Waals surface area contributed by atoms with Gasteiger partial charge in [-0.3, -0.25) is 4.79 Å². The molecule has 1 atom stereocenters. The van der Waals surface area contributed by atoms with Crippen molar-refractivity contribution in [2.75, 3.05) is 27.2 Å². The standard InChI is InChI=1S/C14H20N2O2/c1-15-8-4-6-12(15)10-16(2)14(18)11-5-3-7-13(17)9-11/h3,5,7,9,12,17H,4,6,8,10H2,1-2H3. The number of hydrogen-bond donors (Lipinski definition) is 1. The van der Waals surface area contributed by atoms with Gasteiger partial charge in [-0.2, -0.15) is 0 Å². The fourth-order valence-electron chi connectivity index (χ4n) is 2.47. The molecule has 1 amide bonds. The second kappa shape index (κ2) is 5.40. The molecule has 0 bridgehead atoms. The van der Waals surface area contributed by atoms with E-state index >= 15 is 0 Å². The van der Waals surface area contributed by atoms with Crippen molar-refractivity contribution in [1.29, 1.82) is 0 Å². The topological polar surface area (TPSA) is 43.8 Å². The number of nitrogens with zero attached hydrogens (tertiary/aromatic N) is 2. The van der Waals surface area contributed by atoms with Gasteiger partial charge in [-0.25, -0.2) is 0 Å². The first-order chi connectivity index (χ1) is 8.58. The van der Waals surface area contributed by atoms with E-state index in [2.05, 4.69) is 11.9 Å². The lowest BCUT2D eigenvalue weighted by atomic mass is 10.1. The van der Waals surface area contributed by atoms with Crippen LogP contribution in [0.5, 0.6) is 5.75 Å². The lowest BCUT2D eigenvalue weighted by Crippen LogP contribution is -2.39. The number of likely N-dealkylation sites (tertiary alicyclic amines) is 1. The maximum atomic E-state index is 12.2. The molecule has 0 spiro atoms. The quantitative estimate of drug-likeness (QED) is 0.882. The molecule has 0 aliphatic carbocycles. The maximum Gasteiger partial charge on any atom is 0.253 e. The molecule has 1 saturated heterocycles. The van der Waals surface area contributed by atoms with E-state index in [0.29, 0.717) is 11.6 Å². The normalized spacial score (nSPS) is 20.0. The van der Waals surface area contributed by atoms with Crippen molar-refractivity contribution in [1.82, 2.24) is 9.80 Å². The number of phenols is 1. The molecule has 0 saturated carbocycles. The number of hydrogen-bond acceptors (Lipinski definition) is 3. The van der Waals surface area contributed by atoms with E-state index < -0.39 is 0 Å². The molecule has 1 N–H and O–H groups in total. The summed E-state index contributed by atoms with van der Waals surface area (Å²) in [6.07, 6.45) is 2.35. The van der Waals surface area contributed by atoms with Crippen LogP contribution < -0.4 is 0 Å². The molecule has 1 aliphatic rings. The third-order valence-corrected chi connectivity index (χ3v) is 3.60. The van der Waals surface area contributed by atoms with Gasteiger partial charge in [-0.1, -0.05) is 6.07 Å². The summed E-state index contributed by atoms with van der Waals surface area (Å²) >= 11 is 0. The van der Waals surface area contributed by atoms with Gasteiger partial charge in [-0.05, 0) is 44.6 Å². The number of amides is 1. The highest BCUT2D eigenvalue weighted by Gasteiger charge is 2.24. The van der Waals surface area contributed by atoms with Gasteiger partial charge >= 0.3 is 0 Å². The third kappa shape index (κ3) is 2.82. The second-order valence-electron chi connectivity index (χ2n) is 5.01. The van der Waals surface area contributed by atoms with Crippen LogP contribution in [0.3, 0.4) is 0 Å². The lowest BCUT2D eigenvalue weighted by molar-refractivity contribution is 0.0761. The number of carbonyl (C=O) groups excluding carboxylic acids is 1. The minimum absolute atomic E-state index is 0.0359. The third-order valence-electron chi connectivity index (χ3n) is 3.60. The van der Waals surface area contributed by atoms with Crippen LogP contribution in [-0.2, 0) is 0 Å². The molecular weight excluding hydrogens is 228 g/mol. The fraction of sp³-hybridized carbons (Fsp3) is 0.500. The average Bonchev–Trinajstić information content (AvgIpc) is 2.74. The van der Waals surface area contributed by atoms with Gasteiger partial charge in [0.25, 0.3) is 5.91 Å². The van der Waals surface area contributed by atoms with Gasteiger partial charge in [-0.15, -0.1) is 0 Å². The van der Waals surface area contributed by atoms with Gasteiger partial charge in [0.2, 0.25) is 0 Å². The molecule has 2 rings (SSSR count). The Bertz CT molecular complexity index is 434. The zero-order chi connectivity index (χ0) is 13.1. The summed E-state index contributed by atoms with van der Waals surface area (Å²) in [5, 5.41) is 9.39. The highest BCUT2D eigenvalue weighted by molar-refractivity contribution is 5.94. The van der Waals surface area contributed by atoms with E-state index in [1.807, 2.05) is 7.05 Å². The van der Waals surface area contributed by atoms with E-state index in [-0.39, 0.29) is 11.7 Å². The number of benzene rings is 1. The SMILES string of the molecule is CN(CC1CCCN1C)C(=O)c1cccc(O)c1. The van der Waals surface area contributed by atoms with E-state index in [1.165, 1.54) is 12.5 Å². The molecule has 1 aromatic rings. The van der Waals surface area contributed by atoms with Crippen LogP contribution in [0.15, 0.2) is 24.3 Å². The van der Waals surface area contributed by atoms with E-state index in [0.717, 1.165) is 19.5 Å². The number of phenolic OH excluding ortho intramolecular Hbond substituents is 1. The summed E-state index contributed by atoms with van der Waals surface area (Å²) in [7, 11) is 3.92. The monoisotopic (exact) mass is 248 g/mol. The van der Waals surface area contributed by atoms with Crippen LogP contribution in [0.2, 0.25) is 0 Å². The molecule has 1 heterocycles. The largest absolute Gasteiger partial charge is 0.508 e. The number of aromatic hydroxyl groups is 1. The smallest absolute Gasteiger partial charge is 0.253 e. The molecule has 1 aromatic carbocycles. The van der Waals surface area contributed by atoms with Gasteiger partial charge in [0.05, 0.1) is 0 Å². The predicted octanol–water partition coefficient (Wildman–Crippen LogP) is 1.56. The Kier molecular flexibility index (Phi) is 3.87. The Balaban J connectivity index is 2.00. The molecule has 0 radical (unpaired) electrons. The van der Waals surface area contributed by atoms with Crippen molar-refractivity contribution in [3.8, 4) is 5.75 Å². The highest BCUT2D eigenvalue weighted by Crippen LogP contribution is 2.17. The zero-order valence-corrected chi connectivity index (χ0v) is 11.0. The molecule has 4 heteroatoms. The summed E-state index contributed by atoms with van der Waals surface area (Å²) in [4.78, 5) is 16.2. The first-order valence-electron chi connectivity index (χ1n) is 6.32. The van der Waals surface area contributed by atoms with Gasteiger partial charge in [0, 0.05) is 25.2 Å². The van der Waals surface area contributed by atoms with Crippen molar-refractivity contribution in [3.63, 3.8) is 0 Å². The average molecular weight is 248 g/mol. The molecule has 18 heavy (non-hydrogen) atoms. The summed E-state index contributed by atoms with van der Waals surface area (Å²) in [5.74, 6) is 0.0958. The summed E-state index contributed by atoms with van der Waals surface area (Å²) in [6.45, 7) is 1.85. The molecule has 4 nitrogen and oxygen atoms in total. The fourth-order valence-corrected chi connectivity index (χ4v) is 2.47. The van der Waals surface area contributed by atoms with Gasteiger partial charge in [0.1, 0.15) is 5.75 Å². The zero-order valence-electron chi connectivity index (χ0n) is 11.0. The Hall–Kier alpha value is -1.55. The van der Waals surface area contributed by atoms with Crippen LogP contribution in [0.25, 0.3) is 0 Å². The molecule has 1 aliphatic heterocycles. The van der Waals surface area contributed by atoms with Crippen molar-refractivity contribution in [2.24, 2.45) is 0 Å². The highest BCUT2D eigenvalue weighted by atomic mass is 16.3. The molecule has 1 unspecified atom stereocenters. The second-order valence-corrected chi connectivity index (χ2v) is 5.01. The number of rotatable bonds is 3. The Labute approximate surface area is 108 Å². The predicted molar refractivity (Wildman–Crippen MR) is 70.7 cm³/mol. The molecule has 0 aromatic heterocycles. The summed E-state index contributed by atoms with van der Waals surface area (Å²) in [5.41, 5.74) is 0.540. The lowest BCUT2D eigenvalue weighted by Gasteiger charge is -2.26.